The molecule has 3 N–H and O–H groups in total. The standard InChI is InChI=1S/C25H33N7O3S/c1-17-22(36-32-12-10-27-20(16-32)6-8-26)13-21(30(17)2)24(33)29-14-18-5-4-9-28-23(18)31-11-7-19(15-31)25(34)35-3/h4-6,8-9,13,19H,7,10-12,14-16,26H2,1-3H3,(H,29,33)/b8-6-. The van der Waals surface area contributed by atoms with Gasteiger partial charge in [-0.1, -0.05) is 6.07 Å². The van der Waals surface area contributed by atoms with Crippen LogP contribution in [0.25, 0.3) is 0 Å². The number of rotatable bonds is 8. The highest BCUT2D eigenvalue weighted by Crippen LogP contribution is 2.30. The SMILES string of the molecule is COC(=O)C1CCN(c2ncccc2CNC(=O)c2cc(SN3CCN=C(/C=C\N)C3)c(C)n2C)C1. The lowest BCUT2D eigenvalue weighted by Crippen LogP contribution is -2.30. The maximum Gasteiger partial charge on any atom is 0.310 e. The number of carbonyl (C=O) groups is 2. The number of nitrogens with two attached hydrogens (primary N) is 1. The second-order valence-electron chi connectivity index (χ2n) is 8.85. The van der Waals surface area contributed by atoms with Gasteiger partial charge in [-0.05, 0) is 49.7 Å². The van der Waals surface area contributed by atoms with Crippen molar-refractivity contribution < 1.29 is 14.3 Å². The van der Waals surface area contributed by atoms with E-state index in [9.17, 15) is 9.59 Å². The molecule has 4 heterocycles. The Bertz CT molecular complexity index is 1180. The highest BCUT2D eigenvalue weighted by Gasteiger charge is 2.30. The number of esters is 1. The predicted octanol–water partition coefficient (Wildman–Crippen LogP) is 1.89. The van der Waals surface area contributed by atoms with Crippen molar-refractivity contribution in [1.29, 1.82) is 0 Å². The Labute approximate surface area is 215 Å². The van der Waals surface area contributed by atoms with Crippen LogP contribution in [0.3, 0.4) is 0 Å². The molecular weight excluding hydrogens is 478 g/mol. The summed E-state index contributed by atoms with van der Waals surface area (Å²) in [4.78, 5) is 37.2. The lowest BCUT2D eigenvalue weighted by atomic mass is 10.1. The van der Waals surface area contributed by atoms with Gasteiger partial charge in [0.15, 0.2) is 0 Å². The minimum atomic E-state index is -0.194. The zero-order valence-electron chi connectivity index (χ0n) is 20.9. The number of aliphatic imine (C=N–C) groups is 1. The Morgan fingerprint density at radius 2 is 2.19 bits per heavy atom. The molecule has 0 aliphatic carbocycles. The lowest BCUT2D eigenvalue weighted by Gasteiger charge is -2.24. The summed E-state index contributed by atoms with van der Waals surface area (Å²) in [6.07, 6.45) is 5.80. The van der Waals surface area contributed by atoms with Crippen LogP contribution in [0.15, 0.2) is 46.6 Å². The van der Waals surface area contributed by atoms with Gasteiger partial charge in [0.25, 0.3) is 5.91 Å². The van der Waals surface area contributed by atoms with E-state index in [-0.39, 0.29) is 17.8 Å². The first-order chi connectivity index (χ1) is 17.4. The van der Waals surface area contributed by atoms with Gasteiger partial charge in [-0.3, -0.25) is 14.6 Å². The number of nitrogens with one attached hydrogen (secondary N) is 1. The second kappa shape index (κ2) is 11.6. The van der Waals surface area contributed by atoms with Crippen molar-refractivity contribution in [2.24, 2.45) is 23.7 Å². The van der Waals surface area contributed by atoms with Crippen molar-refractivity contribution in [1.82, 2.24) is 19.2 Å². The Morgan fingerprint density at radius 1 is 1.36 bits per heavy atom. The first-order valence-electron chi connectivity index (χ1n) is 12.0. The smallest absolute Gasteiger partial charge is 0.310 e. The van der Waals surface area contributed by atoms with Crippen LogP contribution in [0.5, 0.6) is 0 Å². The summed E-state index contributed by atoms with van der Waals surface area (Å²) in [7, 11) is 3.32. The van der Waals surface area contributed by atoms with Crippen LogP contribution in [-0.4, -0.2) is 71.3 Å². The van der Waals surface area contributed by atoms with Gasteiger partial charge in [-0.25, -0.2) is 9.29 Å². The molecule has 1 atom stereocenters. The maximum absolute atomic E-state index is 13.2. The van der Waals surface area contributed by atoms with Crippen LogP contribution in [-0.2, 0) is 23.1 Å². The molecule has 4 rings (SSSR count). The average molecular weight is 512 g/mol. The summed E-state index contributed by atoms with van der Waals surface area (Å²) >= 11 is 1.63. The monoisotopic (exact) mass is 511 g/mol. The number of hydrogen-bond acceptors (Lipinski definition) is 9. The summed E-state index contributed by atoms with van der Waals surface area (Å²) in [6.45, 7) is 5.89. The fraction of sp³-hybridized carbons (Fsp3) is 0.440. The summed E-state index contributed by atoms with van der Waals surface area (Å²) in [5.41, 5.74) is 9.00. The molecule has 2 aromatic heterocycles. The lowest BCUT2D eigenvalue weighted by molar-refractivity contribution is -0.144. The molecule has 2 aliphatic heterocycles. The van der Waals surface area contributed by atoms with Crippen LogP contribution in [0.2, 0.25) is 0 Å². The third kappa shape index (κ3) is 5.73. The van der Waals surface area contributed by atoms with Gasteiger partial charge in [0.1, 0.15) is 11.5 Å². The Hall–Kier alpha value is -3.31. The third-order valence-corrected chi connectivity index (χ3v) is 7.75. The molecule has 0 spiro atoms. The molecule has 0 bridgehead atoms. The van der Waals surface area contributed by atoms with E-state index < -0.39 is 0 Å². The van der Waals surface area contributed by atoms with E-state index >= 15 is 0 Å². The molecule has 36 heavy (non-hydrogen) atoms. The molecule has 1 saturated heterocycles. The number of carbonyl (C=O) groups excluding carboxylic acids is 2. The van der Waals surface area contributed by atoms with Gasteiger partial charge in [0, 0.05) is 55.6 Å². The molecule has 2 aliphatic rings. The van der Waals surface area contributed by atoms with Crippen molar-refractivity contribution in [2.75, 3.05) is 44.7 Å². The van der Waals surface area contributed by atoms with Crippen LogP contribution in [0.1, 0.15) is 28.2 Å². The highest BCUT2D eigenvalue weighted by atomic mass is 32.2. The Morgan fingerprint density at radius 3 is 2.97 bits per heavy atom. The quantitative estimate of drug-likeness (QED) is 0.408. The first kappa shape index (κ1) is 25.8. The van der Waals surface area contributed by atoms with Gasteiger partial charge in [-0.15, -0.1) is 0 Å². The molecule has 1 unspecified atom stereocenters. The number of nitrogens with zero attached hydrogens (tertiary/aromatic N) is 5. The van der Waals surface area contributed by atoms with Crippen molar-refractivity contribution in [3.8, 4) is 0 Å². The maximum atomic E-state index is 13.2. The molecule has 0 aromatic carbocycles. The second-order valence-corrected chi connectivity index (χ2v) is 9.99. The average Bonchev–Trinajstić information content (AvgIpc) is 3.49. The normalized spacial score (nSPS) is 18.5. The number of methoxy groups -OCH3 is 1. The molecule has 1 amide bonds. The fourth-order valence-electron chi connectivity index (χ4n) is 4.46. The van der Waals surface area contributed by atoms with Gasteiger partial charge in [-0.2, -0.15) is 0 Å². The number of pyridine rings is 1. The van der Waals surface area contributed by atoms with E-state index in [0.717, 1.165) is 53.7 Å². The van der Waals surface area contributed by atoms with E-state index in [1.54, 1.807) is 18.1 Å². The zero-order valence-corrected chi connectivity index (χ0v) is 21.8. The summed E-state index contributed by atoms with van der Waals surface area (Å²) < 4.78 is 9.05. The Balaban J connectivity index is 1.41. The van der Waals surface area contributed by atoms with Gasteiger partial charge in [0.05, 0.1) is 31.8 Å². The predicted molar refractivity (Wildman–Crippen MR) is 141 cm³/mol. The van der Waals surface area contributed by atoms with E-state index in [1.165, 1.54) is 13.3 Å². The highest BCUT2D eigenvalue weighted by molar-refractivity contribution is 7.97. The Kier molecular flexibility index (Phi) is 8.32. The molecule has 1 fully saturated rings. The third-order valence-electron chi connectivity index (χ3n) is 6.57. The number of amides is 1. The molecule has 11 heteroatoms. The van der Waals surface area contributed by atoms with Crippen LogP contribution in [0.4, 0.5) is 5.82 Å². The van der Waals surface area contributed by atoms with Gasteiger partial charge >= 0.3 is 5.97 Å². The van der Waals surface area contributed by atoms with Crippen LogP contribution >= 0.6 is 11.9 Å². The minimum absolute atomic E-state index is 0.150. The van der Waals surface area contributed by atoms with E-state index in [1.807, 2.05) is 42.8 Å². The fourth-order valence-corrected chi connectivity index (χ4v) is 5.54. The van der Waals surface area contributed by atoms with Gasteiger partial charge in [0.2, 0.25) is 0 Å². The summed E-state index contributed by atoms with van der Waals surface area (Å²) in [5, 5.41) is 3.05. The largest absolute Gasteiger partial charge is 0.469 e. The van der Waals surface area contributed by atoms with E-state index in [4.69, 9.17) is 10.5 Å². The molecule has 192 valence electrons. The molecule has 10 nitrogen and oxygen atoms in total. The van der Waals surface area contributed by atoms with E-state index in [0.29, 0.717) is 25.3 Å². The molecule has 0 radical (unpaired) electrons. The molecule has 0 saturated carbocycles. The van der Waals surface area contributed by atoms with Crippen molar-refractivity contribution in [2.45, 2.75) is 24.8 Å². The van der Waals surface area contributed by atoms with Crippen molar-refractivity contribution in [3.05, 3.63) is 53.6 Å². The summed E-state index contributed by atoms with van der Waals surface area (Å²) in [6, 6.07) is 5.75. The minimum Gasteiger partial charge on any atom is -0.469 e. The topological polar surface area (TPSA) is 118 Å². The van der Waals surface area contributed by atoms with Crippen molar-refractivity contribution in [3.63, 3.8) is 0 Å². The first-order valence-corrected chi connectivity index (χ1v) is 12.7. The van der Waals surface area contributed by atoms with Crippen LogP contribution in [0, 0.1) is 12.8 Å². The zero-order chi connectivity index (χ0) is 25.7. The number of ether oxygens (including phenoxy) is 1. The molecule has 2 aromatic rings. The number of hydrogen-bond donors (Lipinski definition) is 2. The number of aromatic nitrogens is 2. The number of anilines is 1. The molecular formula is C25H33N7O3S. The van der Waals surface area contributed by atoms with Crippen molar-refractivity contribution >= 4 is 35.4 Å². The summed E-state index contributed by atoms with van der Waals surface area (Å²) in [5.74, 6) is 0.288. The van der Waals surface area contributed by atoms with E-state index in [2.05, 4.69) is 24.5 Å². The van der Waals surface area contributed by atoms with Gasteiger partial charge < -0.3 is 25.3 Å². The van der Waals surface area contributed by atoms with Crippen LogP contribution < -0.4 is 16.0 Å².